The summed E-state index contributed by atoms with van der Waals surface area (Å²) in [5, 5.41) is 5.60. The molecule has 0 amide bonds. The van der Waals surface area contributed by atoms with Crippen LogP contribution in [0.1, 0.15) is 23.4 Å². The summed E-state index contributed by atoms with van der Waals surface area (Å²) < 4.78 is 14.1. The van der Waals surface area contributed by atoms with Crippen LogP contribution in [0, 0.1) is 5.82 Å². The minimum atomic E-state index is -0.380. The lowest BCUT2D eigenvalue weighted by atomic mass is 10.2. The van der Waals surface area contributed by atoms with Crippen LogP contribution < -0.4 is 5.32 Å². The van der Waals surface area contributed by atoms with Crippen molar-refractivity contribution >= 4 is 38.9 Å². The summed E-state index contributed by atoms with van der Waals surface area (Å²) >= 11 is 11.0. The highest BCUT2D eigenvalue weighted by atomic mass is 79.9. The van der Waals surface area contributed by atoms with Crippen LogP contribution in [0.3, 0.4) is 0 Å². The van der Waals surface area contributed by atoms with Crippen LogP contribution in [0.25, 0.3) is 0 Å². The summed E-state index contributed by atoms with van der Waals surface area (Å²) in [6, 6.07) is 7.06. The van der Waals surface area contributed by atoms with Crippen molar-refractivity contribution in [1.82, 2.24) is 5.32 Å². The van der Waals surface area contributed by atoms with Gasteiger partial charge in [-0.3, -0.25) is 0 Å². The van der Waals surface area contributed by atoms with Gasteiger partial charge in [-0.05, 0) is 52.0 Å². The first-order valence-electron chi connectivity index (χ1n) is 5.48. The van der Waals surface area contributed by atoms with Gasteiger partial charge in [-0.1, -0.05) is 17.7 Å². The largest absolute Gasteiger partial charge is 0.305 e. The third-order valence-electron chi connectivity index (χ3n) is 2.63. The lowest BCUT2D eigenvalue weighted by Gasteiger charge is -2.13. The third-order valence-corrected chi connectivity index (χ3v) is 4.98. The molecular formula is C13H12BrClFNS. The van der Waals surface area contributed by atoms with Crippen LogP contribution in [0.4, 0.5) is 4.39 Å². The van der Waals surface area contributed by atoms with Gasteiger partial charge in [0.25, 0.3) is 0 Å². The molecule has 1 unspecified atom stereocenters. The minimum absolute atomic E-state index is 0.166. The maximum absolute atomic E-state index is 13.0. The van der Waals surface area contributed by atoms with Gasteiger partial charge < -0.3 is 5.32 Å². The Balaban J connectivity index is 1.99. The number of rotatable bonds is 4. The van der Waals surface area contributed by atoms with Crippen molar-refractivity contribution in [3.8, 4) is 0 Å². The average Bonchev–Trinajstić information content (AvgIpc) is 2.77. The summed E-state index contributed by atoms with van der Waals surface area (Å²) in [7, 11) is 0. The summed E-state index contributed by atoms with van der Waals surface area (Å²) in [6.07, 6.45) is 0. The van der Waals surface area contributed by atoms with Gasteiger partial charge in [0.2, 0.25) is 0 Å². The molecule has 2 aromatic rings. The van der Waals surface area contributed by atoms with Gasteiger partial charge >= 0.3 is 0 Å². The average molecular weight is 349 g/mol. The molecule has 18 heavy (non-hydrogen) atoms. The second kappa shape index (κ2) is 6.15. The molecule has 0 radical (unpaired) electrons. The Bertz CT molecular complexity index is 544. The van der Waals surface area contributed by atoms with E-state index in [0.717, 1.165) is 10.0 Å². The molecule has 0 fully saturated rings. The molecule has 0 saturated heterocycles. The Labute approximate surface area is 123 Å². The van der Waals surface area contributed by atoms with Gasteiger partial charge in [0, 0.05) is 21.9 Å². The van der Waals surface area contributed by atoms with E-state index in [-0.39, 0.29) is 16.9 Å². The Kier molecular flexibility index (Phi) is 4.78. The standard InChI is InChI=1S/C13H12BrClFNS/c1-8(13-10(14)4-5-18-13)17-7-9-2-3-12(16)11(15)6-9/h2-6,8,17H,7H2,1H3. The Morgan fingerprint density at radius 2 is 2.22 bits per heavy atom. The molecule has 0 spiro atoms. The molecule has 1 aromatic heterocycles. The number of thiophene rings is 1. The monoisotopic (exact) mass is 347 g/mol. The minimum Gasteiger partial charge on any atom is -0.305 e. The summed E-state index contributed by atoms with van der Waals surface area (Å²) in [5.41, 5.74) is 0.973. The molecule has 0 aliphatic heterocycles. The normalized spacial score (nSPS) is 12.7. The quantitative estimate of drug-likeness (QED) is 0.805. The summed E-state index contributed by atoms with van der Waals surface area (Å²) in [5.74, 6) is -0.380. The number of hydrogen-bond acceptors (Lipinski definition) is 2. The molecule has 0 saturated carbocycles. The molecule has 1 N–H and O–H groups in total. The second-order valence-electron chi connectivity index (χ2n) is 3.98. The van der Waals surface area contributed by atoms with Crippen LogP contribution in [0.2, 0.25) is 5.02 Å². The molecule has 1 nitrogen and oxygen atoms in total. The van der Waals surface area contributed by atoms with Crippen LogP contribution in [-0.2, 0) is 6.54 Å². The lowest BCUT2D eigenvalue weighted by molar-refractivity contribution is 0.579. The molecule has 0 bridgehead atoms. The van der Waals surface area contributed by atoms with Crippen molar-refractivity contribution in [2.24, 2.45) is 0 Å². The van der Waals surface area contributed by atoms with E-state index >= 15 is 0 Å². The topological polar surface area (TPSA) is 12.0 Å². The first-order valence-corrected chi connectivity index (χ1v) is 7.53. The zero-order valence-corrected chi connectivity index (χ0v) is 12.9. The molecule has 1 heterocycles. The first-order chi connectivity index (χ1) is 8.58. The van der Waals surface area contributed by atoms with E-state index in [0.29, 0.717) is 6.54 Å². The van der Waals surface area contributed by atoms with Crippen molar-refractivity contribution in [2.75, 3.05) is 0 Å². The van der Waals surface area contributed by atoms with E-state index < -0.39 is 0 Å². The predicted molar refractivity (Wildman–Crippen MR) is 78.7 cm³/mol. The molecule has 0 aliphatic carbocycles. The summed E-state index contributed by atoms with van der Waals surface area (Å²) in [4.78, 5) is 1.25. The maximum atomic E-state index is 13.0. The third kappa shape index (κ3) is 3.32. The lowest BCUT2D eigenvalue weighted by Crippen LogP contribution is -2.17. The van der Waals surface area contributed by atoms with E-state index in [2.05, 4.69) is 28.2 Å². The van der Waals surface area contributed by atoms with E-state index in [4.69, 9.17) is 11.6 Å². The van der Waals surface area contributed by atoms with Crippen LogP contribution in [0.15, 0.2) is 34.1 Å². The fraction of sp³-hybridized carbons (Fsp3) is 0.231. The fourth-order valence-electron chi connectivity index (χ4n) is 1.63. The SMILES string of the molecule is CC(NCc1ccc(F)c(Cl)c1)c1sccc1Br. The second-order valence-corrected chi connectivity index (χ2v) is 6.19. The van der Waals surface area contributed by atoms with Gasteiger partial charge in [0.05, 0.1) is 5.02 Å². The van der Waals surface area contributed by atoms with Gasteiger partial charge in [-0.2, -0.15) is 0 Å². The van der Waals surface area contributed by atoms with E-state index in [9.17, 15) is 4.39 Å². The Morgan fingerprint density at radius 3 is 2.83 bits per heavy atom. The summed E-state index contributed by atoms with van der Waals surface area (Å²) in [6.45, 7) is 2.76. The zero-order valence-electron chi connectivity index (χ0n) is 9.71. The Morgan fingerprint density at radius 1 is 1.44 bits per heavy atom. The van der Waals surface area contributed by atoms with Crippen molar-refractivity contribution in [3.63, 3.8) is 0 Å². The van der Waals surface area contributed by atoms with E-state index in [1.54, 1.807) is 23.5 Å². The van der Waals surface area contributed by atoms with E-state index in [1.165, 1.54) is 10.9 Å². The van der Waals surface area contributed by atoms with Crippen molar-refractivity contribution in [2.45, 2.75) is 19.5 Å². The highest BCUT2D eigenvalue weighted by Gasteiger charge is 2.10. The van der Waals surface area contributed by atoms with Crippen LogP contribution in [0.5, 0.6) is 0 Å². The first kappa shape index (κ1) is 14.0. The van der Waals surface area contributed by atoms with Crippen LogP contribution >= 0.6 is 38.9 Å². The Hall–Kier alpha value is -0.420. The number of nitrogens with one attached hydrogen (secondary N) is 1. The molecular weight excluding hydrogens is 337 g/mol. The zero-order chi connectivity index (χ0) is 13.1. The predicted octanol–water partition coefficient (Wildman–Crippen LogP) is 5.15. The van der Waals surface area contributed by atoms with Crippen molar-refractivity contribution in [1.29, 1.82) is 0 Å². The number of benzene rings is 1. The molecule has 96 valence electrons. The highest BCUT2D eigenvalue weighted by molar-refractivity contribution is 9.10. The van der Waals surface area contributed by atoms with Gasteiger partial charge in [0.1, 0.15) is 5.82 Å². The van der Waals surface area contributed by atoms with E-state index in [1.807, 2.05) is 11.4 Å². The smallest absolute Gasteiger partial charge is 0.141 e. The van der Waals surface area contributed by atoms with Gasteiger partial charge in [0.15, 0.2) is 0 Å². The maximum Gasteiger partial charge on any atom is 0.141 e. The number of halogens is 3. The molecule has 1 atom stereocenters. The highest BCUT2D eigenvalue weighted by Crippen LogP contribution is 2.29. The van der Waals surface area contributed by atoms with Crippen molar-refractivity contribution < 1.29 is 4.39 Å². The number of hydrogen-bond donors (Lipinski definition) is 1. The molecule has 2 rings (SSSR count). The molecule has 5 heteroatoms. The molecule has 0 aliphatic rings. The fourth-order valence-corrected chi connectivity index (χ4v) is 3.58. The van der Waals surface area contributed by atoms with Gasteiger partial charge in [-0.25, -0.2) is 4.39 Å². The van der Waals surface area contributed by atoms with Gasteiger partial charge in [-0.15, -0.1) is 11.3 Å². The molecule has 1 aromatic carbocycles. The van der Waals surface area contributed by atoms with Crippen molar-refractivity contribution in [3.05, 3.63) is 55.4 Å². The van der Waals surface area contributed by atoms with Crippen LogP contribution in [-0.4, -0.2) is 0 Å².